The lowest BCUT2D eigenvalue weighted by Gasteiger charge is -2.19. The molecule has 1 N–H and O–H groups in total. The van der Waals surface area contributed by atoms with Crippen molar-refractivity contribution in [1.82, 2.24) is 29.6 Å². The van der Waals surface area contributed by atoms with E-state index in [0.29, 0.717) is 41.4 Å². The molecule has 9 nitrogen and oxygen atoms in total. The number of likely N-dealkylation sites (tertiary alicyclic amines) is 1. The molecule has 0 radical (unpaired) electrons. The second-order valence-electron chi connectivity index (χ2n) is 8.87. The molecule has 1 saturated heterocycles. The summed E-state index contributed by atoms with van der Waals surface area (Å²) in [5.41, 5.74) is 5.87. The highest BCUT2D eigenvalue weighted by Crippen LogP contribution is 2.39. The number of anilines is 2. The van der Waals surface area contributed by atoms with Crippen LogP contribution in [0.15, 0.2) is 48.4 Å². The minimum Gasteiger partial charge on any atom is -0.485 e. The average Bonchev–Trinajstić information content (AvgIpc) is 3.56. The highest BCUT2D eigenvalue weighted by molar-refractivity contribution is 7.16. The molecule has 5 aromatic rings. The van der Waals surface area contributed by atoms with Gasteiger partial charge in [0.1, 0.15) is 24.0 Å². The van der Waals surface area contributed by atoms with Crippen LogP contribution in [0.3, 0.4) is 0 Å². The summed E-state index contributed by atoms with van der Waals surface area (Å²) in [5, 5.41) is 8.45. The van der Waals surface area contributed by atoms with E-state index in [1.165, 1.54) is 6.33 Å². The molecule has 0 amide bonds. The lowest BCUT2D eigenvalue weighted by atomic mass is 10.0. The molecule has 36 heavy (non-hydrogen) atoms. The zero-order chi connectivity index (χ0) is 24.8. The quantitative estimate of drug-likeness (QED) is 0.363. The summed E-state index contributed by atoms with van der Waals surface area (Å²) in [7, 11) is 5.30. The molecule has 0 bridgehead atoms. The fourth-order valence-corrected chi connectivity index (χ4v) is 5.29. The number of rotatable bonds is 6. The van der Waals surface area contributed by atoms with Crippen molar-refractivity contribution in [2.75, 3.05) is 32.6 Å². The third-order valence-corrected chi connectivity index (χ3v) is 7.05. The molecule has 184 valence electrons. The van der Waals surface area contributed by atoms with E-state index < -0.39 is 12.3 Å². The molecule has 1 aliphatic rings. The van der Waals surface area contributed by atoms with E-state index >= 15 is 0 Å². The van der Waals surface area contributed by atoms with Crippen LogP contribution in [0, 0.1) is 0 Å². The van der Waals surface area contributed by atoms with Crippen LogP contribution in [0.5, 0.6) is 11.6 Å². The third-order valence-electron chi connectivity index (χ3n) is 6.25. The van der Waals surface area contributed by atoms with Gasteiger partial charge in [-0.3, -0.25) is 9.58 Å². The summed E-state index contributed by atoms with van der Waals surface area (Å²) >= 11 is 1.57. The highest BCUT2D eigenvalue weighted by Gasteiger charge is 2.33. The van der Waals surface area contributed by atoms with E-state index in [4.69, 9.17) is 9.47 Å². The molecule has 0 aliphatic carbocycles. The van der Waals surface area contributed by atoms with Crippen LogP contribution in [-0.2, 0) is 7.05 Å². The number of ether oxygens (including phenoxy) is 2. The standard InChI is InChI=1S/C25H24FN7O2S/c1-32-10-17(26)21(11-32)35-20-7-14(16-9-33(2)31-25(16)34-3)6-19-23(20)24(28-12-27-19)30-15-4-5-18-22(8-15)36-13-29-18/h4-9,12-13,17,21H,10-11H2,1-3H3,(H,27,28,30)/t17-,21-/m1/s1. The SMILES string of the molecule is COc1nn(C)cc1-c1cc(O[C@@H]2CN(C)C[C@H]2F)c2c(Nc3ccc4ncsc4c3)ncnc2c1. The predicted molar refractivity (Wildman–Crippen MR) is 138 cm³/mol. The van der Waals surface area contributed by atoms with E-state index in [1.807, 2.05) is 61.0 Å². The van der Waals surface area contributed by atoms with Gasteiger partial charge in [-0.05, 0) is 42.9 Å². The first-order chi connectivity index (χ1) is 17.5. The molecule has 1 fully saturated rings. The van der Waals surface area contributed by atoms with Gasteiger partial charge in [-0.15, -0.1) is 16.4 Å². The zero-order valence-electron chi connectivity index (χ0n) is 20.0. The van der Waals surface area contributed by atoms with Gasteiger partial charge in [-0.1, -0.05) is 0 Å². The molecule has 1 aliphatic heterocycles. The number of hydrogen-bond donors (Lipinski definition) is 1. The normalized spacial score (nSPS) is 18.2. The number of hydrogen-bond acceptors (Lipinski definition) is 9. The van der Waals surface area contributed by atoms with Crippen LogP contribution in [0.2, 0.25) is 0 Å². The predicted octanol–water partition coefficient (Wildman–Crippen LogP) is 4.42. The van der Waals surface area contributed by atoms with E-state index in [-0.39, 0.29) is 0 Å². The Hall–Kier alpha value is -3.83. The van der Waals surface area contributed by atoms with Gasteiger partial charge in [-0.2, -0.15) is 0 Å². The molecule has 2 atom stereocenters. The summed E-state index contributed by atoms with van der Waals surface area (Å²) in [5.74, 6) is 1.56. The molecule has 0 unspecified atom stereocenters. The Balaban J connectivity index is 1.49. The zero-order valence-corrected chi connectivity index (χ0v) is 20.8. The van der Waals surface area contributed by atoms with Gasteiger partial charge >= 0.3 is 0 Å². The molecule has 6 rings (SSSR count). The smallest absolute Gasteiger partial charge is 0.240 e. The Labute approximate surface area is 210 Å². The monoisotopic (exact) mass is 505 g/mol. The van der Waals surface area contributed by atoms with Crippen LogP contribution in [-0.4, -0.2) is 69.2 Å². The largest absolute Gasteiger partial charge is 0.485 e. The summed E-state index contributed by atoms with van der Waals surface area (Å²) < 4.78 is 29.4. The number of aryl methyl sites for hydroxylation is 1. The lowest BCUT2D eigenvalue weighted by molar-refractivity contribution is 0.141. The number of nitrogens with zero attached hydrogens (tertiary/aromatic N) is 6. The topological polar surface area (TPSA) is 90.2 Å². The number of alkyl halides is 1. The fourth-order valence-electron chi connectivity index (χ4n) is 4.57. The fraction of sp³-hybridized carbons (Fsp3) is 0.280. The minimum absolute atomic E-state index is 0.329. The number of aromatic nitrogens is 5. The van der Waals surface area contributed by atoms with Crippen LogP contribution < -0.4 is 14.8 Å². The van der Waals surface area contributed by atoms with Crippen LogP contribution in [0.4, 0.5) is 15.9 Å². The minimum atomic E-state index is -1.10. The molecule has 4 heterocycles. The first kappa shape index (κ1) is 22.6. The molecular weight excluding hydrogens is 481 g/mol. The van der Waals surface area contributed by atoms with Gasteiger partial charge in [0.2, 0.25) is 5.88 Å². The number of thiazole rings is 1. The lowest BCUT2D eigenvalue weighted by Crippen LogP contribution is -2.27. The highest BCUT2D eigenvalue weighted by atomic mass is 32.1. The second-order valence-corrected chi connectivity index (χ2v) is 9.76. The number of likely N-dealkylation sites (N-methyl/N-ethyl adjacent to an activating group) is 1. The Kier molecular flexibility index (Phi) is 5.65. The number of halogens is 1. The molecule has 0 spiro atoms. The van der Waals surface area contributed by atoms with Crippen molar-refractivity contribution in [3.05, 3.63) is 48.4 Å². The van der Waals surface area contributed by atoms with E-state index in [9.17, 15) is 4.39 Å². The first-order valence-electron chi connectivity index (χ1n) is 11.4. The van der Waals surface area contributed by atoms with Crippen molar-refractivity contribution in [3.63, 3.8) is 0 Å². The Morgan fingerprint density at radius 1 is 1.08 bits per heavy atom. The maximum atomic E-state index is 14.8. The second kappa shape index (κ2) is 8.99. The Bertz CT molecular complexity index is 1570. The van der Waals surface area contributed by atoms with Crippen molar-refractivity contribution >= 4 is 44.0 Å². The van der Waals surface area contributed by atoms with Gasteiger partial charge < -0.3 is 14.8 Å². The molecule has 2 aromatic carbocycles. The van der Waals surface area contributed by atoms with Crippen molar-refractivity contribution in [3.8, 4) is 22.8 Å². The first-order valence-corrected chi connectivity index (χ1v) is 12.3. The van der Waals surface area contributed by atoms with Gasteiger partial charge in [0.15, 0.2) is 6.17 Å². The maximum Gasteiger partial charge on any atom is 0.240 e. The molecular formula is C25H24FN7O2S. The summed E-state index contributed by atoms with van der Waals surface area (Å²) in [6, 6.07) is 9.76. The van der Waals surface area contributed by atoms with E-state index in [0.717, 1.165) is 27.0 Å². The summed E-state index contributed by atoms with van der Waals surface area (Å²) in [6.45, 7) is 0.816. The van der Waals surface area contributed by atoms with E-state index in [2.05, 4.69) is 25.4 Å². The van der Waals surface area contributed by atoms with Crippen molar-refractivity contribution < 1.29 is 13.9 Å². The average molecular weight is 506 g/mol. The van der Waals surface area contributed by atoms with Gasteiger partial charge in [0, 0.05) is 32.0 Å². The number of methoxy groups -OCH3 is 1. The van der Waals surface area contributed by atoms with Gasteiger partial charge in [0.05, 0.1) is 39.3 Å². The number of fused-ring (bicyclic) bond motifs is 2. The number of benzene rings is 2. The Morgan fingerprint density at radius 3 is 2.78 bits per heavy atom. The maximum absolute atomic E-state index is 14.8. The van der Waals surface area contributed by atoms with Crippen LogP contribution in [0.25, 0.3) is 32.2 Å². The van der Waals surface area contributed by atoms with Crippen LogP contribution in [0.1, 0.15) is 0 Å². The molecule has 11 heteroatoms. The van der Waals surface area contributed by atoms with Crippen molar-refractivity contribution in [2.45, 2.75) is 12.3 Å². The summed E-state index contributed by atoms with van der Waals surface area (Å²) in [6.07, 6.45) is 1.67. The van der Waals surface area contributed by atoms with Gasteiger partial charge in [0.25, 0.3) is 0 Å². The number of nitrogens with one attached hydrogen (secondary N) is 1. The van der Waals surface area contributed by atoms with Crippen molar-refractivity contribution in [1.29, 1.82) is 0 Å². The third kappa shape index (κ3) is 4.10. The molecule has 3 aromatic heterocycles. The van der Waals surface area contributed by atoms with Gasteiger partial charge in [-0.25, -0.2) is 19.3 Å². The Morgan fingerprint density at radius 2 is 1.97 bits per heavy atom. The van der Waals surface area contributed by atoms with Crippen LogP contribution >= 0.6 is 11.3 Å². The van der Waals surface area contributed by atoms with E-state index in [1.54, 1.807) is 23.1 Å². The van der Waals surface area contributed by atoms with Crippen molar-refractivity contribution in [2.24, 2.45) is 7.05 Å². The summed E-state index contributed by atoms with van der Waals surface area (Å²) in [4.78, 5) is 15.3. The molecule has 0 saturated carbocycles.